The summed E-state index contributed by atoms with van der Waals surface area (Å²) in [7, 11) is 5.09. The number of nitrogens with one attached hydrogen (secondary N) is 3. The Morgan fingerprint density at radius 1 is 1.35 bits per heavy atom. The number of carboxylic acids is 1. The molecule has 1 unspecified atom stereocenters. The lowest BCUT2D eigenvalue weighted by molar-refractivity contribution is -0.158. The molecule has 0 saturated carbocycles. The second-order valence-electron chi connectivity index (χ2n) is 8.59. The Balaban J connectivity index is 1.74. The fraction of sp³-hybridized carbons (Fsp3) is 0.700. The van der Waals surface area contributed by atoms with E-state index in [0.29, 0.717) is 17.9 Å². The number of carbonyl (C=O) groups is 4. The zero-order valence-electron chi connectivity index (χ0n) is 18.5. The van der Waals surface area contributed by atoms with Gasteiger partial charge in [-0.2, -0.15) is 0 Å². The molecule has 0 spiro atoms. The Morgan fingerprint density at radius 2 is 2.03 bits per heavy atom. The first kappa shape index (κ1) is 23.6. The van der Waals surface area contributed by atoms with Gasteiger partial charge in [0.2, 0.25) is 17.7 Å². The lowest BCUT2D eigenvalue weighted by Crippen LogP contribution is -2.66. The maximum absolute atomic E-state index is 12.9. The molecule has 2 saturated heterocycles. The highest BCUT2D eigenvalue weighted by Crippen LogP contribution is 2.51. The number of nitrogens with zero attached hydrogens (tertiary/aromatic N) is 2. The summed E-state index contributed by atoms with van der Waals surface area (Å²) in [4.78, 5) is 52.7. The van der Waals surface area contributed by atoms with Gasteiger partial charge >= 0.3 is 5.97 Å². The van der Waals surface area contributed by atoms with Gasteiger partial charge in [-0.15, -0.1) is 11.8 Å². The van der Waals surface area contributed by atoms with E-state index in [9.17, 15) is 24.3 Å². The highest BCUT2D eigenvalue weighted by molar-refractivity contribution is 8.03. The molecular weight excluding hydrogens is 422 g/mol. The maximum Gasteiger partial charge on any atom is 0.353 e. The molecule has 4 N–H and O–H groups in total. The summed E-state index contributed by atoms with van der Waals surface area (Å²) < 4.78 is 0. The Morgan fingerprint density at radius 3 is 2.61 bits per heavy atom. The summed E-state index contributed by atoms with van der Waals surface area (Å²) in [6.07, 6.45) is 0.601. The van der Waals surface area contributed by atoms with Crippen LogP contribution in [-0.4, -0.2) is 96.2 Å². The fourth-order valence-electron chi connectivity index (χ4n) is 4.72. The van der Waals surface area contributed by atoms with Crippen molar-refractivity contribution in [1.82, 2.24) is 25.8 Å². The fourth-order valence-corrected chi connectivity index (χ4v) is 6.20. The summed E-state index contributed by atoms with van der Waals surface area (Å²) in [5, 5.41) is 18.7. The number of rotatable bonds is 8. The van der Waals surface area contributed by atoms with Crippen molar-refractivity contribution in [2.75, 3.05) is 34.2 Å². The minimum absolute atomic E-state index is 0.000190. The van der Waals surface area contributed by atoms with Crippen LogP contribution in [0.25, 0.3) is 0 Å². The molecule has 0 aromatic heterocycles. The first-order chi connectivity index (χ1) is 14.6. The molecule has 6 atom stereocenters. The smallest absolute Gasteiger partial charge is 0.353 e. The van der Waals surface area contributed by atoms with Crippen LogP contribution in [0.2, 0.25) is 0 Å². The molecule has 0 bridgehead atoms. The van der Waals surface area contributed by atoms with E-state index in [1.807, 2.05) is 6.92 Å². The van der Waals surface area contributed by atoms with Gasteiger partial charge in [-0.3, -0.25) is 14.4 Å². The van der Waals surface area contributed by atoms with E-state index in [-0.39, 0.29) is 53.2 Å². The highest BCUT2D eigenvalue weighted by Gasteiger charge is 2.60. The van der Waals surface area contributed by atoms with Crippen LogP contribution >= 0.6 is 11.8 Å². The third-order valence-corrected chi connectivity index (χ3v) is 7.69. The third kappa shape index (κ3) is 4.31. The van der Waals surface area contributed by atoms with E-state index < -0.39 is 17.9 Å². The molecule has 172 valence electrons. The standard InChI is InChI=1S/C20H31N5O5S/c1-9-15-14(10(2)23-13(26)8-21-3)19(28)25(15)16(20(29)30)17(9)31-11-6-12(22-7-11)18(27)24(4)5/h9-12,14-15,21-22H,6-8H2,1-5H3,(H,23,26)(H,29,30)/t9-,10?,11+,12+,14-,15-/m1/s1. The molecule has 3 amide bonds. The molecule has 3 aliphatic heterocycles. The molecule has 31 heavy (non-hydrogen) atoms. The summed E-state index contributed by atoms with van der Waals surface area (Å²) >= 11 is 1.45. The van der Waals surface area contributed by atoms with E-state index in [0.717, 1.165) is 0 Å². The van der Waals surface area contributed by atoms with E-state index in [2.05, 4.69) is 16.0 Å². The summed E-state index contributed by atoms with van der Waals surface area (Å²) in [5.74, 6) is -2.23. The van der Waals surface area contributed by atoms with Crippen LogP contribution < -0.4 is 16.0 Å². The predicted molar refractivity (Wildman–Crippen MR) is 116 cm³/mol. The largest absolute Gasteiger partial charge is 0.477 e. The van der Waals surface area contributed by atoms with Gasteiger partial charge in [0, 0.05) is 42.8 Å². The topological polar surface area (TPSA) is 131 Å². The van der Waals surface area contributed by atoms with Gasteiger partial charge in [0.25, 0.3) is 0 Å². The average Bonchev–Trinajstić information content (AvgIpc) is 3.23. The normalized spacial score (nSPS) is 30.7. The van der Waals surface area contributed by atoms with Crippen LogP contribution in [0.4, 0.5) is 0 Å². The number of carboxylic acid groups (broad SMARTS) is 1. The van der Waals surface area contributed by atoms with Crippen LogP contribution in [0.15, 0.2) is 10.6 Å². The summed E-state index contributed by atoms with van der Waals surface area (Å²) in [6.45, 7) is 4.46. The SMILES string of the molecule is CNCC(=O)NC(C)[C@H]1C(=O)N2C(C(=O)O)=C(S[C@@H]3CN[C@H](C(=O)N(C)C)C3)[C@H](C)[C@H]12. The Bertz CT molecular complexity index is 816. The van der Waals surface area contributed by atoms with Crippen LogP contribution in [0.1, 0.15) is 20.3 Å². The molecular formula is C20H31N5O5S. The van der Waals surface area contributed by atoms with Crippen molar-refractivity contribution < 1.29 is 24.3 Å². The van der Waals surface area contributed by atoms with Crippen molar-refractivity contribution >= 4 is 35.5 Å². The molecule has 3 aliphatic rings. The Kier molecular flexibility index (Phi) is 6.97. The molecule has 3 heterocycles. The lowest BCUT2D eigenvalue weighted by Gasteiger charge is -2.47. The zero-order valence-corrected chi connectivity index (χ0v) is 19.3. The van der Waals surface area contributed by atoms with Gasteiger partial charge in [-0.05, 0) is 20.4 Å². The summed E-state index contributed by atoms with van der Waals surface area (Å²) in [6, 6.07) is -0.974. The van der Waals surface area contributed by atoms with Crippen molar-refractivity contribution in [2.24, 2.45) is 11.8 Å². The monoisotopic (exact) mass is 453 g/mol. The number of amides is 3. The van der Waals surface area contributed by atoms with Crippen LogP contribution in [-0.2, 0) is 19.2 Å². The highest BCUT2D eigenvalue weighted by atomic mass is 32.2. The Hall–Kier alpha value is -2.11. The van der Waals surface area contributed by atoms with Gasteiger partial charge in [-0.1, -0.05) is 6.92 Å². The number of hydrogen-bond acceptors (Lipinski definition) is 7. The number of carbonyl (C=O) groups excluding carboxylic acids is 3. The van der Waals surface area contributed by atoms with E-state index in [1.165, 1.54) is 16.7 Å². The first-order valence-corrected chi connectivity index (χ1v) is 11.3. The number of fused-ring (bicyclic) bond motifs is 1. The van der Waals surface area contributed by atoms with Crippen molar-refractivity contribution in [1.29, 1.82) is 0 Å². The number of thioether (sulfide) groups is 1. The van der Waals surface area contributed by atoms with Gasteiger partial charge < -0.3 is 30.9 Å². The maximum atomic E-state index is 12.9. The zero-order chi connectivity index (χ0) is 23.0. The van der Waals surface area contributed by atoms with Gasteiger partial charge in [0.15, 0.2) is 0 Å². The molecule has 0 aromatic carbocycles. The van der Waals surface area contributed by atoms with Gasteiger partial charge in [0.05, 0.1) is 24.5 Å². The molecule has 2 fully saturated rings. The lowest BCUT2D eigenvalue weighted by atomic mass is 9.78. The Labute approximate surface area is 186 Å². The molecule has 0 aromatic rings. The molecule has 11 heteroatoms. The first-order valence-electron chi connectivity index (χ1n) is 10.4. The van der Waals surface area contributed by atoms with Crippen molar-refractivity contribution in [2.45, 2.75) is 43.6 Å². The number of hydrogen-bond donors (Lipinski definition) is 4. The second-order valence-corrected chi connectivity index (χ2v) is 9.93. The third-order valence-electron chi connectivity index (χ3n) is 6.18. The van der Waals surface area contributed by atoms with E-state index in [1.54, 1.807) is 33.0 Å². The molecule has 0 radical (unpaired) electrons. The average molecular weight is 454 g/mol. The predicted octanol–water partition coefficient (Wildman–Crippen LogP) is -0.965. The van der Waals surface area contributed by atoms with Crippen LogP contribution in [0.5, 0.6) is 0 Å². The van der Waals surface area contributed by atoms with Gasteiger partial charge in [-0.25, -0.2) is 4.79 Å². The van der Waals surface area contributed by atoms with E-state index in [4.69, 9.17) is 0 Å². The molecule has 3 rings (SSSR count). The van der Waals surface area contributed by atoms with Crippen LogP contribution in [0.3, 0.4) is 0 Å². The number of β-lactam (4-membered cyclic amide) rings is 1. The quantitative estimate of drug-likeness (QED) is 0.346. The van der Waals surface area contributed by atoms with Crippen molar-refractivity contribution in [3.8, 4) is 0 Å². The molecule has 0 aliphatic carbocycles. The number of likely N-dealkylation sites (N-methyl/N-ethyl adjacent to an activating group) is 2. The van der Waals surface area contributed by atoms with Crippen molar-refractivity contribution in [3.63, 3.8) is 0 Å². The van der Waals surface area contributed by atoms with Crippen molar-refractivity contribution in [3.05, 3.63) is 10.6 Å². The van der Waals surface area contributed by atoms with Gasteiger partial charge in [0.1, 0.15) is 5.70 Å². The van der Waals surface area contributed by atoms with Crippen LogP contribution in [0, 0.1) is 11.8 Å². The summed E-state index contributed by atoms with van der Waals surface area (Å²) in [5.41, 5.74) is 0.0416. The minimum Gasteiger partial charge on any atom is -0.477 e. The van der Waals surface area contributed by atoms with E-state index >= 15 is 0 Å². The number of aliphatic carboxylic acids is 1. The second kappa shape index (κ2) is 9.17. The minimum atomic E-state index is -1.12. The molecule has 10 nitrogen and oxygen atoms in total.